The van der Waals surface area contributed by atoms with Gasteiger partial charge in [-0.05, 0) is 46.1 Å². The van der Waals surface area contributed by atoms with Crippen molar-refractivity contribution in [2.75, 3.05) is 7.11 Å². The smallest absolute Gasteiger partial charge is 0.194 e. The fourth-order valence-corrected chi connectivity index (χ4v) is 2.54. The van der Waals surface area contributed by atoms with E-state index < -0.39 is 0 Å². The van der Waals surface area contributed by atoms with E-state index in [9.17, 15) is 4.79 Å². The van der Waals surface area contributed by atoms with Crippen LogP contribution < -0.4 is 4.74 Å². The second kappa shape index (κ2) is 6.02. The Hall–Kier alpha value is -1.61. The summed E-state index contributed by atoms with van der Waals surface area (Å²) < 4.78 is 5.89. The summed E-state index contributed by atoms with van der Waals surface area (Å²) in [5.41, 5.74) is 2.48. The van der Waals surface area contributed by atoms with E-state index in [2.05, 4.69) is 22.9 Å². The number of carbonyl (C=O) groups excluding carboxylic acids is 1. The molecule has 19 heavy (non-hydrogen) atoms. The average molecular weight is 319 g/mol. The summed E-state index contributed by atoms with van der Waals surface area (Å²) >= 11 is 3.43. The molecule has 0 N–H and O–H groups in total. The zero-order valence-electron chi connectivity index (χ0n) is 10.9. The molecule has 0 aliphatic carbocycles. The van der Waals surface area contributed by atoms with Gasteiger partial charge in [-0.15, -0.1) is 0 Å². The molecule has 2 nitrogen and oxygen atoms in total. The minimum Gasteiger partial charge on any atom is -0.497 e. The maximum Gasteiger partial charge on any atom is 0.194 e. The van der Waals surface area contributed by atoms with Gasteiger partial charge in [0.25, 0.3) is 0 Å². The van der Waals surface area contributed by atoms with Crippen molar-refractivity contribution in [1.29, 1.82) is 0 Å². The van der Waals surface area contributed by atoms with Crippen molar-refractivity contribution in [2.45, 2.75) is 13.3 Å². The van der Waals surface area contributed by atoms with Gasteiger partial charge >= 0.3 is 0 Å². The summed E-state index contributed by atoms with van der Waals surface area (Å²) in [7, 11) is 1.61. The van der Waals surface area contributed by atoms with Gasteiger partial charge in [0.2, 0.25) is 0 Å². The first kappa shape index (κ1) is 13.8. The molecule has 0 atom stereocenters. The monoisotopic (exact) mass is 318 g/mol. The lowest BCUT2D eigenvalue weighted by molar-refractivity contribution is 0.103. The Bertz CT molecular complexity index is 605. The molecule has 0 saturated heterocycles. The lowest BCUT2D eigenvalue weighted by Gasteiger charge is -2.09. The van der Waals surface area contributed by atoms with E-state index in [0.29, 0.717) is 5.56 Å². The molecule has 98 valence electrons. The van der Waals surface area contributed by atoms with Crippen molar-refractivity contribution < 1.29 is 9.53 Å². The highest BCUT2D eigenvalue weighted by atomic mass is 79.9. The second-order valence-corrected chi connectivity index (χ2v) is 5.04. The molecule has 0 unspecified atom stereocenters. The van der Waals surface area contributed by atoms with Crippen molar-refractivity contribution in [3.05, 3.63) is 63.6 Å². The van der Waals surface area contributed by atoms with Crippen molar-refractivity contribution in [3.63, 3.8) is 0 Å². The normalized spacial score (nSPS) is 10.3. The van der Waals surface area contributed by atoms with Gasteiger partial charge in [-0.2, -0.15) is 0 Å². The SMILES string of the molecule is CCc1ccccc1C(=O)c1ccc(OC)cc1Br. The van der Waals surface area contributed by atoms with E-state index in [1.807, 2.05) is 30.3 Å². The third-order valence-corrected chi connectivity index (χ3v) is 3.72. The first-order valence-electron chi connectivity index (χ1n) is 6.13. The van der Waals surface area contributed by atoms with Crippen LogP contribution in [0.25, 0.3) is 0 Å². The Kier molecular flexibility index (Phi) is 4.38. The molecular formula is C16H15BrO2. The van der Waals surface area contributed by atoms with Gasteiger partial charge in [-0.25, -0.2) is 0 Å². The quantitative estimate of drug-likeness (QED) is 0.788. The van der Waals surface area contributed by atoms with E-state index >= 15 is 0 Å². The molecule has 0 heterocycles. The zero-order valence-corrected chi connectivity index (χ0v) is 12.5. The number of ketones is 1. The molecule has 0 saturated carbocycles. The first-order valence-corrected chi connectivity index (χ1v) is 6.92. The number of methoxy groups -OCH3 is 1. The van der Waals surface area contributed by atoms with Gasteiger partial charge in [0.1, 0.15) is 5.75 Å². The Morgan fingerprint density at radius 1 is 1.16 bits per heavy atom. The van der Waals surface area contributed by atoms with Gasteiger partial charge < -0.3 is 4.74 Å². The van der Waals surface area contributed by atoms with Gasteiger partial charge in [0.15, 0.2) is 5.78 Å². The largest absolute Gasteiger partial charge is 0.497 e. The van der Waals surface area contributed by atoms with E-state index in [0.717, 1.165) is 27.8 Å². The first-order chi connectivity index (χ1) is 9.17. The summed E-state index contributed by atoms with van der Waals surface area (Å²) in [5, 5.41) is 0. The number of aryl methyl sites for hydroxylation is 1. The summed E-state index contributed by atoms with van der Waals surface area (Å²) in [4.78, 5) is 12.6. The van der Waals surface area contributed by atoms with Gasteiger partial charge in [-0.1, -0.05) is 31.2 Å². The number of ether oxygens (including phenoxy) is 1. The third kappa shape index (κ3) is 2.87. The Balaban J connectivity index is 2.44. The molecule has 0 aliphatic heterocycles. The number of benzene rings is 2. The number of hydrogen-bond acceptors (Lipinski definition) is 2. The van der Waals surface area contributed by atoms with Crippen LogP contribution in [-0.2, 0) is 6.42 Å². The predicted octanol–water partition coefficient (Wildman–Crippen LogP) is 4.25. The molecule has 0 bridgehead atoms. The van der Waals surface area contributed by atoms with Gasteiger partial charge in [0, 0.05) is 15.6 Å². The van der Waals surface area contributed by atoms with Crippen LogP contribution in [-0.4, -0.2) is 12.9 Å². The van der Waals surface area contributed by atoms with Crippen LogP contribution in [0.5, 0.6) is 5.75 Å². The van der Waals surface area contributed by atoms with E-state index in [1.54, 1.807) is 19.2 Å². The summed E-state index contributed by atoms with van der Waals surface area (Å²) in [6, 6.07) is 13.1. The standard InChI is InChI=1S/C16H15BrO2/c1-3-11-6-4-5-7-13(11)16(18)14-9-8-12(19-2)10-15(14)17/h4-10H,3H2,1-2H3. The molecule has 2 aromatic rings. The minimum absolute atomic E-state index is 0.0342. The zero-order chi connectivity index (χ0) is 13.8. The van der Waals surface area contributed by atoms with Crippen molar-refractivity contribution >= 4 is 21.7 Å². The number of rotatable bonds is 4. The van der Waals surface area contributed by atoms with E-state index in [4.69, 9.17) is 4.74 Å². The summed E-state index contributed by atoms with van der Waals surface area (Å²) in [6.45, 7) is 2.05. The lowest BCUT2D eigenvalue weighted by Crippen LogP contribution is -2.06. The van der Waals surface area contributed by atoms with Crippen molar-refractivity contribution in [2.24, 2.45) is 0 Å². The second-order valence-electron chi connectivity index (χ2n) is 4.19. The highest BCUT2D eigenvalue weighted by Crippen LogP contribution is 2.26. The summed E-state index contributed by atoms with van der Waals surface area (Å²) in [5.74, 6) is 0.763. The molecule has 2 rings (SSSR count). The Labute approximate surface area is 121 Å². The highest BCUT2D eigenvalue weighted by molar-refractivity contribution is 9.10. The molecule has 0 radical (unpaired) electrons. The fourth-order valence-electron chi connectivity index (χ4n) is 2.00. The Morgan fingerprint density at radius 3 is 2.53 bits per heavy atom. The van der Waals surface area contributed by atoms with E-state index in [1.165, 1.54) is 0 Å². The fraction of sp³-hybridized carbons (Fsp3) is 0.188. The summed E-state index contributed by atoms with van der Waals surface area (Å²) in [6.07, 6.45) is 0.843. The molecule has 3 heteroatoms. The number of halogens is 1. The Morgan fingerprint density at radius 2 is 1.89 bits per heavy atom. The topological polar surface area (TPSA) is 26.3 Å². The molecule has 0 fully saturated rings. The van der Waals surface area contributed by atoms with Crippen LogP contribution in [0, 0.1) is 0 Å². The number of hydrogen-bond donors (Lipinski definition) is 0. The van der Waals surface area contributed by atoms with Crippen molar-refractivity contribution in [3.8, 4) is 5.75 Å². The molecule has 0 aromatic heterocycles. The molecule has 0 spiro atoms. The third-order valence-electron chi connectivity index (χ3n) is 3.06. The minimum atomic E-state index is 0.0342. The average Bonchev–Trinajstić information content (AvgIpc) is 2.46. The number of carbonyl (C=O) groups is 1. The van der Waals surface area contributed by atoms with Crippen LogP contribution in [0.3, 0.4) is 0 Å². The maximum atomic E-state index is 12.6. The van der Waals surface area contributed by atoms with Crippen LogP contribution in [0.4, 0.5) is 0 Å². The molecular weight excluding hydrogens is 304 g/mol. The predicted molar refractivity (Wildman–Crippen MR) is 79.9 cm³/mol. The highest BCUT2D eigenvalue weighted by Gasteiger charge is 2.15. The van der Waals surface area contributed by atoms with Crippen molar-refractivity contribution in [1.82, 2.24) is 0 Å². The molecule has 0 aliphatic rings. The maximum absolute atomic E-state index is 12.6. The van der Waals surface area contributed by atoms with Crippen LogP contribution in [0.2, 0.25) is 0 Å². The van der Waals surface area contributed by atoms with Crippen LogP contribution in [0.1, 0.15) is 28.4 Å². The van der Waals surface area contributed by atoms with Gasteiger partial charge in [-0.3, -0.25) is 4.79 Å². The lowest BCUT2D eigenvalue weighted by atomic mass is 9.97. The van der Waals surface area contributed by atoms with E-state index in [-0.39, 0.29) is 5.78 Å². The molecule has 0 amide bonds. The van der Waals surface area contributed by atoms with Crippen LogP contribution in [0.15, 0.2) is 46.9 Å². The van der Waals surface area contributed by atoms with Crippen LogP contribution >= 0.6 is 15.9 Å². The van der Waals surface area contributed by atoms with Gasteiger partial charge in [0.05, 0.1) is 7.11 Å². The molecule has 2 aromatic carbocycles.